The Bertz CT molecular complexity index is 642. The zero-order valence-corrected chi connectivity index (χ0v) is 12.9. The molecule has 1 amide bonds. The number of nitrogens with zero attached hydrogens (tertiary/aromatic N) is 1. The van der Waals surface area contributed by atoms with E-state index < -0.39 is 23.3 Å². The summed E-state index contributed by atoms with van der Waals surface area (Å²) in [5.74, 6) is -0.816. The average molecular weight is 305 g/mol. The van der Waals surface area contributed by atoms with Crippen LogP contribution in [-0.2, 0) is 4.74 Å². The minimum absolute atomic E-state index is 0.0667. The number of hydrogen-bond donors (Lipinski definition) is 1. The lowest BCUT2D eigenvalue weighted by molar-refractivity contribution is 0.0530. The third-order valence-electron chi connectivity index (χ3n) is 3.70. The number of carbonyl (C=O) groups is 2. The maximum absolute atomic E-state index is 12.5. The fraction of sp³-hybridized carbons (Fsp3) is 0.500. The van der Waals surface area contributed by atoms with Gasteiger partial charge in [0.15, 0.2) is 5.75 Å². The predicted molar refractivity (Wildman–Crippen MR) is 79.6 cm³/mol. The van der Waals surface area contributed by atoms with Crippen LogP contribution >= 0.6 is 0 Å². The van der Waals surface area contributed by atoms with Crippen molar-refractivity contribution in [3.63, 3.8) is 0 Å². The quantitative estimate of drug-likeness (QED) is 0.863. The van der Waals surface area contributed by atoms with Crippen molar-refractivity contribution >= 4 is 17.7 Å². The monoisotopic (exact) mass is 305 g/mol. The molecule has 1 saturated carbocycles. The first-order chi connectivity index (χ1) is 10.2. The van der Waals surface area contributed by atoms with Gasteiger partial charge >= 0.3 is 12.1 Å². The van der Waals surface area contributed by atoms with E-state index in [0.29, 0.717) is 12.2 Å². The lowest BCUT2D eigenvalue weighted by atomic mass is 10.1. The van der Waals surface area contributed by atoms with Crippen molar-refractivity contribution in [2.24, 2.45) is 0 Å². The first kappa shape index (κ1) is 14.7. The van der Waals surface area contributed by atoms with E-state index in [1.165, 1.54) is 11.0 Å². The van der Waals surface area contributed by atoms with Gasteiger partial charge in [0.25, 0.3) is 0 Å². The maximum atomic E-state index is 12.5. The molecule has 0 aromatic heterocycles. The zero-order valence-electron chi connectivity index (χ0n) is 12.9. The number of carboxylic acids is 1. The molecule has 1 aromatic carbocycles. The van der Waals surface area contributed by atoms with Crippen LogP contribution in [-0.4, -0.2) is 34.9 Å². The molecule has 0 atom stereocenters. The molecule has 1 aromatic rings. The molecule has 1 N–H and O–H groups in total. The van der Waals surface area contributed by atoms with Gasteiger partial charge in [-0.05, 0) is 45.7 Å². The minimum Gasteiger partial charge on any atom is -0.482 e. The van der Waals surface area contributed by atoms with Gasteiger partial charge < -0.3 is 14.6 Å². The minimum atomic E-state index is -1.07. The van der Waals surface area contributed by atoms with E-state index in [0.717, 1.165) is 12.8 Å². The van der Waals surface area contributed by atoms with Gasteiger partial charge in [0.2, 0.25) is 0 Å². The predicted octanol–water partition coefficient (Wildman–Crippen LogP) is 3.05. The summed E-state index contributed by atoms with van der Waals surface area (Å²) in [6, 6.07) is 4.77. The Kier molecular flexibility index (Phi) is 3.09. The molecule has 0 radical (unpaired) electrons. The molecule has 1 fully saturated rings. The largest absolute Gasteiger partial charge is 0.482 e. The Morgan fingerprint density at radius 1 is 1.32 bits per heavy atom. The summed E-state index contributed by atoms with van der Waals surface area (Å²) in [6.07, 6.45) is 1.13. The number of carboxylic acid groups (broad SMARTS) is 1. The lowest BCUT2D eigenvalue weighted by Crippen LogP contribution is -2.47. The highest BCUT2D eigenvalue weighted by atomic mass is 16.6. The molecule has 6 heteroatoms. The second kappa shape index (κ2) is 4.63. The number of aromatic carboxylic acids is 1. The number of ether oxygens (including phenoxy) is 2. The summed E-state index contributed by atoms with van der Waals surface area (Å²) in [6.45, 7) is 5.78. The maximum Gasteiger partial charge on any atom is 0.415 e. The Labute approximate surface area is 128 Å². The number of benzene rings is 1. The summed E-state index contributed by atoms with van der Waals surface area (Å²) >= 11 is 0. The molecule has 0 unspecified atom stereocenters. The SMILES string of the molecule is CC(C)(C)OC(=O)N1CC2(CC2)Oc2c(C(=O)O)cccc21. The zero-order chi connectivity index (χ0) is 16.1. The van der Waals surface area contributed by atoms with Crippen molar-refractivity contribution in [1.29, 1.82) is 0 Å². The molecule has 22 heavy (non-hydrogen) atoms. The Morgan fingerprint density at radius 2 is 2.00 bits per heavy atom. The fourth-order valence-corrected chi connectivity index (χ4v) is 2.51. The smallest absolute Gasteiger partial charge is 0.415 e. The van der Waals surface area contributed by atoms with Crippen molar-refractivity contribution < 1.29 is 24.2 Å². The van der Waals surface area contributed by atoms with Gasteiger partial charge in [0.05, 0.1) is 12.2 Å². The summed E-state index contributed by atoms with van der Waals surface area (Å²) in [4.78, 5) is 25.4. The van der Waals surface area contributed by atoms with Gasteiger partial charge in [0, 0.05) is 0 Å². The standard InChI is InChI=1S/C16H19NO5/c1-15(2,3)22-14(20)17-9-16(7-8-16)21-12-10(13(18)19)5-4-6-11(12)17/h4-6H,7-9H2,1-3H3,(H,18,19). The second-order valence-electron chi connectivity index (χ2n) is 6.81. The Morgan fingerprint density at radius 3 is 2.55 bits per heavy atom. The van der Waals surface area contributed by atoms with E-state index >= 15 is 0 Å². The molecule has 2 aliphatic rings. The van der Waals surface area contributed by atoms with E-state index in [2.05, 4.69) is 0 Å². The van der Waals surface area contributed by atoms with Crippen molar-refractivity contribution in [2.75, 3.05) is 11.4 Å². The van der Waals surface area contributed by atoms with Gasteiger partial charge in [0.1, 0.15) is 16.8 Å². The molecule has 0 bridgehead atoms. The number of carbonyl (C=O) groups excluding carboxylic acids is 1. The molecule has 0 saturated heterocycles. The van der Waals surface area contributed by atoms with Crippen LogP contribution in [0.25, 0.3) is 0 Å². The summed E-state index contributed by atoms with van der Waals surface area (Å²) in [5.41, 5.74) is -0.560. The Hall–Kier alpha value is -2.24. The van der Waals surface area contributed by atoms with Gasteiger partial charge in [-0.3, -0.25) is 4.90 Å². The Balaban J connectivity index is 2.02. The van der Waals surface area contributed by atoms with E-state index in [9.17, 15) is 14.7 Å². The van der Waals surface area contributed by atoms with Crippen LogP contribution in [0.3, 0.4) is 0 Å². The lowest BCUT2D eigenvalue weighted by Gasteiger charge is -2.36. The van der Waals surface area contributed by atoms with Crippen LogP contribution in [0.4, 0.5) is 10.5 Å². The molecule has 1 aliphatic carbocycles. The van der Waals surface area contributed by atoms with E-state index in [1.807, 2.05) is 0 Å². The van der Waals surface area contributed by atoms with Crippen LogP contribution in [0.15, 0.2) is 18.2 Å². The summed E-state index contributed by atoms with van der Waals surface area (Å²) < 4.78 is 11.3. The van der Waals surface area contributed by atoms with Gasteiger partial charge in [-0.1, -0.05) is 6.07 Å². The number of hydrogen-bond acceptors (Lipinski definition) is 4. The molecular weight excluding hydrogens is 286 g/mol. The first-order valence-electron chi connectivity index (χ1n) is 7.27. The van der Waals surface area contributed by atoms with Gasteiger partial charge in [-0.2, -0.15) is 0 Å². The van der Waals surface area contributed by atoms with Gasteiger partial charge in [-0.25, -0.2) is 9.59 Å². The van der Waals surface area contributed by atoms with Crippen LogP contribution in [0.5, 0.6) is 5.75 Å². The van der Waals surface area contributed by atoms with Gasteiger partial charge in [-0.15, -0.1) is 0 Å². The van der Waals surface area contributed by atoms with E-state index in [4.69, 9.17) is 9.47 Å². The number of para-hydroxylation sites is 1. The average Bonchev–Trinajstić information content (AvgIpc) is 3.14. The van der Waals surface area contributed by atoms with Crippen molar-refractivity contribution in [3.8, 4) is 5.75 Å². The molecule has 118 valence electrons. The molecule has 1 spiro atoms. The number of fused-ring (bicyclic) bond motifs is 1. The van der Waals surface area contributed by atoms with Crippen molar-refractivity contribution in [3.05, 3.63) is 23.8 Å². The fourth-order valence-electron chi connectivity index (χ4n) is 2.51. The first-order valence-corrected chi connectivity index (χ1v) is 7.27. The second-order valence-corrected chi connectivity index (χ2v) is 6.81. The summed E-state index contributed by atoms with van der Waals surface area (Å²) in [5, 5.41) is 9.33. The van der Waals surface area contributed by atoms with Crippen LogP contribution in [0, 0.1) is 0 Å². The molecule has 1 aliphatic heterocycles. The molecular formula is C16H19NO5. The van der Waals surface area contributed by atoms with E-state index in [-0.39, 0.29) is 11.3 Å². The highest BCUT2D eigenvalue weighted by Crippen LogP contribution is 2.49. The topological polar surface area (TPSA) is 76.1 Å². The number of rotatable bonds is 1. The highest BCUT2D eigenvalue weighted by molar-refractivity contribution is 5.98. The van der Waals surface area contributed by atoms with Crippen molar-refractivity contribution in [2.45, 2.75) is 44.8 Å². The third kappa shape index (κ3) is 2.61. The van der Waals surface area contributed by atoms with Crippen LogP contribution in [0.1, 0.15) is 44.0 Å². The molecule has 1 heterocycles. The molecule has 3 rings (SSSR count). The van der Waals surface area contributed by atoms with Crippen LogP contribution in [0.2, 0.25) is 0 Å². The van der Waals surface area contributed by atoms with Crippen molar-refractivity contribution in [1.82, 2.24) is 0 Å². The van der Waals surface area contributed by atoms with E-state index in [1.54, 1.807) is 32.9 Å². The highest BCUT2D eigenvalue weighted by Gasteiger charge is 2.52. The number of amides is 1. The normalized spacial score (nSPS) is 18.4. The number of anilines is 1. The molecule has 6 nitrogen and oxygen atoms in total. The van der Waals surface area contributed by atoms with Crippen LogP contribution < -0.4 is 9.64 Å². The third-order valence-corrected chi connectivity index (χ3v) is 3.70. The summed E-state index contributed by atoms with van der Waals surface area (Å²) in [7, 11) is 0.